The van der Waals surface area contributed by atoms with Crippen LogP contribution in [0.2, 0.25) is 0 Å². The van der Waals surface area contributed by atoms with Crippen molar-refractivity contribution in [2.75, 3.05) is 25.1 Å². The van der Waals surface area contributed by atoms with Gasteiger partial charge >= 0.3 is 12.0 Å². The van der Waals surface area contributed by atoms with Gasteiger partial charge in [0.1, 0.15) is 0 Å². The van der Waals surface area contributed by atoms with E-state index in [4.69, 9.17) is 9.47 Å². The van der Waals surface area contributed by atoms with Crippen LogP contribution in [0.4, 0.5) is 5.95 Å². The van der Waals surface area contributed by atoms with Crippen molar-refractivity contribution in [1.29, 1.82) is 0 Å². The molecule has 0 aliphatic heterocycles. The summed E-state index contributed by atoms with van der Waals surface area (Å²) in [6.07, 6.45) is 0. The average molecular weight is 240 g/mol. The van der Waals surface area contributed by atoms with Gasteiger partial charge in [0.05, 0.1) is 13.2 Å². The van der Waals surface area contributed by atoms with E-state index < -0.39 is 0 Å². The molecule has 1 aromatic rings. The van der Waals surface area contributed by atoms with Gasteiger partial charge in [-0.1, -0.05) is 13.8 Å². The third-order valence-electron chi connectivity index (χ3n) is 1.75. The van der Waals surface area contributed by atoms with Crippen molar-refractivity contribution >= 4 is 5.95 Å². The Morgan fingerprint density at radius 3 is 2.24 bits per heavy atom. The Morgan fingerprint density at radius 2 is 1.71 bits per heavy atom. The van der Waals surface area contributed by atoms with Crippen molar-refractivity contribution in [3.8, 4) is 12.0 Å². The van der Waals surface area contributed by atoms with Crippen molar-refractivity contribution in [3.63, 3.8) is 0 Å². The predicted molar refractivity (Wildman–Crippen MR) is 65.5 cm³/mol. The SMILES string of the molecule is CCNc1nc(OCC)nc(OCC(C)C)n1. The van der Waals surface area contributed by atoms with Crippen molar-refractivity contribution in [2.45, 2.75) is 27.7 Å². The van der Waals surface area contributed by atoms with Gasteiger partial charge in [-0.25, -0.2) is 0 Å². The van der Waals surface area contributed by atoms with Crippen LogP contribution in [-0.2, 0) is 0 Å². The molecular formula is C11H20N4O2. The lowest BCUT2D eigenvalue weighted by molar-refractivity contribution is 0.240. The van der Waals surface area contributed by atoms with Gasteiger partial charge in [-0.3, -0.25) is 0 Å². The fourth-order valence-corrected chi connectivity index (χ4v) is 1.07. The van der Waals surface area contributed by atoms with Crippen molar-refractivity contribution < 1.29 is 9.47 Å². The molecule has 0 saturated heterocycles. The zero-order valence-electron chi connectivity index (χ0n) is 10.9. The van der Waals surface area contributed by atoms with Crippen molar-refractivity contribution in [2.24, 2.45) is 5.92 Å². The van der Waals surface area contributed by atoms with Gasteiger partial charge in [0.2, 0.25) is 5.95 Å². The molecular weight excluding hydrogens is 220 g/mol. The van der Waals surface area contributed by atoms with Crippen LogP contribution in [0.1, 0.15) is 27.7 Å². The van der Waals surface area contributed by atoms with Crippen LogP contribution in [-0.4, -0.2) is 34.7 Å². The molecule has 0 saturated carbocycles. The zero-order valence-corrected chi connectivity index (χ0v) is 10.9. The number of anilines is 1. The molecule has 17 heavy (non-hydrogen) atoms. The Bertz CT molecular complexity index is 320. The first kappa shape index (κ1) is 13.5. The molecule has 0 bridgehead atoms. The maximum absolute atomic E-state index is 5.46. The summed E-state index contributed by atoms with van der Waals surface area (Å²) in [4.78, 5) is 12.3. The molecule has 1 aromatic heterocycles. The Morgan fingerprint density at radius 1 is 1.06 bits per heavy atom. The minimum atomic E-state index is 0.289. The van der Waals surface area contributed by atoms with E-state index in [0.29, 0.717) is 31.1 Å². The first-order valence-electron chi connectivity index (χ1n) is 5.91. The zero-order chi connectivity index (χ0) is 12.7. The molecule has 6 nitrogen and oxygen atoms in total. The molecule has 0 aromatic carbocycles. The van der Waals surface area contributed by atoms with E-state index in [0.717, 1.165) is 6.54 Å². The van der Waals surface area contributed by atoms with Gasteiger partial charge in [0.15, 0.2) is 0 Å². The summed E-state index contributed by atoms with van der Waals surface area (Å²) in [5, 5.41) is 3.01. The van der Waals surface area contributed by atoms with Crippen molar-refractivity contribution in [1.82, 2.24) is 15.0 Å². The van der Waals surface area contributed by atoms with Gasteiger partial charge in [-0.2, -0.15) is 9.97 Å². The summed E-state index contributed by atoms with van der Waals surface area (Å²) in [5.41, 5.74) is 0. The van der Waals surface area contributed by atoms with Crippen LogP contribution in [0, 0.1) is 5.92 Å². The summed E-state index contributed by atoms with van der Waals surface area (Å²) < 4.78 is 10.7. The topological polar surface area (TPSA) is 69.2 Å². The first-order chi connectivity index (χ1) is 8.15. The summed E-state index contributed by atoms with van der Waals surface area (Å²) >= 11 is 0. The highest BCUT2D eigenvalue weighted by atomic mass is 16.5. The normalized spacial score (nSPS) is 10.4. The lowest BCUT2D eigenvalue weighted by Crippen LogP contribution is -2.11. The standard InChI is InChI=1S/C11H20N4O2/c1-5-12-9-13-10(16-6-2)15-11(14-9)17-7-8(3)4/h8H,5-7H2,1-4H3,(H,12,13,14,15). The molecule has 1 N–H and O–H groups in total. The van der Waals surface area contributed by atoms with Crippen LogP contribution in [0.5, 0.6) is 12.0 Å². The van der Waals surface area contributed by atoms with Crippen molar-refractivity contribution in [3.05, 3.63) is 0 Å². The molecule has 6 heteroatoms. The molecule has 0 aliphatic rings. The van der Waals surface area contributed by atoms with Crippen LogP contribution >= 0.6 is 0 Å². The first-order valence-corrected chi connectivity index (χ1v) is 5.91. The lowest BCUT2D eigenvalue weighted by Gasteiger charge is -2.09. The monoisotopic (exact) mass is 240 g/mol. The van der Waals surface area contributed by atoms with E-state index >= 15 is 0 Å². The second kappa shape index (κ2) is 6.88. The smallest absolute Gasteiger partial charge is 0.324 e. The lowest BCUT2D eigenvalue weighted by atomic mass is 10.2. The van der Waals surface area contributed by atoms with Gasteiger partial charge in [-0.05, 0) is 19.8 Å². The van der Waals surface area contributed by atoms with E-state index in [-0.39, 0.29) is 6.01 Å². The molecule has 1 heterocycles. The van der Waals surface area contributed by atoms with Crippen LogP contribution < -0.4 is 14.8 Å². The molecule has 0 atom stereocenters. The summed E-state index contributed by atoms with van der Waals surface area (Å²) in [6, 6.07) is 0.588. The minimum absolute atomic E-state index is 0.289. The second-order valence-electron chi connectivity index (χ2n) is 3.89. The van der Waals surface area contributed by atoms with Gasteiger partial charge in [0.25, 0.3) is 0 Å². The number of nitrogens with zero attached hydrogens (tertiary/aromatic N) is 3. The number of hydrogen-bond donors (Lipinski definition) is 1. The number of rotatable bonds is 7. The minimum Gasteiger partial charge on any atom is -0.464 e. The van der Waals surface area contributed by atoms with Crippen LogP contribution in [0.25, 0.3) is 0 Å². The Kier molecular flexibility index (Phi) is 5.45. The number of hydrogen-bond acceptors (Lipinski definition) is 6. The molecule has 0 fully saturated rings. The highest BCUT2D eigenvalue weighted by Gasteiger charge is 2.08. The Balaban J connectivity index is 2.79. The van der Waals surface area contributed by atoms with Crippen LogP contribution in [0.3, 0.4) is 0 Å². The Hall–Kier alpha value is -1.59. The highest BCUT2D eigenvalue weighted by Crippen LogP contribution is 2.13. The number of ether oxygens (including phenoxy) is 2. The molecule has 0 radical (unpaired) electrons. The van der Waals surface area contributed by atoms with E-state index in [1.807, 2.05) is 13.8 Å². The average Bonchev–Trinajstić information content (AvgIpc) is 2.27. The second-order valence-corrected chi connectivity index (χ2v) is 3.89. The van der Waals surface area contributed by atoms with E-state index in [9.17, 15) is 0 Å². The third kappa shape index (κ3) is 4.84. The molecule has 0 spiro atoms. The Labute approximate surface area is 102 Å². The van der Waals surface area contributed by atoms with Gasteiger partial charge < -0.3 is 14.8 Å². The molecule has 96 valence electrons. The van der Waals surface area contributed by atoms with E-state index in [1.165, 1.54) is 0 Å². The third-order valence-corrected chi connectivity index (χ3v) is 1.75. The van der Waals surface area contributed by atoms with Crippen LogP contribution in [0.15, 0.2) is 0 Å². The fraction of sp³-hybridized carbons (Fsp3) is 0.727. The quantitative estimate of drug-likeness (QED) is 0.782. The predicted octanol–water partition coefficient (Wildman–Crippen LogP) is 1.74. The largest absolute Gasteiger partial charge is 0.464 e. The maximum atomic E-state index is 5.46. The number of aromatic nitrogens is 3. The molecule has 0 unspecified atom stereocenters. The van der Waals surface area contributed by atoms with E-state index in [1.54, 1.807) is 0 Å². The van der Waals surface area contributed by atoms with E-state index in [2.05, 4.69) is 34.1 Å². The maximum Gasteiger partial charge on any atom is 0.324 e. The molecule has 0 amide bonds. The highest BCUT2D eigenvalue weighted by molar-refractivity contribution is 5.27. The molecule has 0 aliphatic carbocycles. The number of nitrogens with one attached hydrogen (secondary N) is 1. The van der Waals surface area contributed by atoms with Gasteiger partial charge in [0, 0.05) is 6.54 Å². The fourth-order valence-electron chi connectivity index (χ4n) is 1.07. The summed E-state index contributed by atoms with van der Waals surface area (Å²) in [6.45, 7) is 9.80. The summed E-state index contributed by atoms with van der Waals surface area (Å²) in [7, 11) is 0. The van der Waals surface area contributed by atoms with Gasteiger partial charge in [-0.15, -0.1) is 4.98 Å². The molecule has 1 rings (SSSR count). The summed E-state index contributed by atoms with van der Waals surface area (Å²) in [5.74, 6) is 0.898.